The summed E-state index contributed by atoms with van der Waals surface area (Å²) in [6.07, 6.45) is 2.39. The first-order valence-electron chi connectivity index (χ1n) is 13.8. The van der Waals surface area contributed by atoms with E-state index in [9.17, 15) is 4.79 Å². The van der Waals surface area contributed by atoms with Crippen LogP contribution in [0.3, 0.4) is 0 Å². The summed E-state index contributed by atoms with van der Waals surface area (Å²) in [4.78, 5) is 25.4. The molecule has 1 fully saturated rings. The fourth-order valence-electron chi connectivity index (χ4n) is 6.14. The van der Waals surface area contributed by atoms with Crippen LogP contribution in [0.15, 0.2) is 24.3 Å². The normalized spacial score (nSPS) is 16.4. The van der Waals surface area contributed by atoms with E-state index in [-0.39, 0.29) is 18.3 Å². The Morgan fingerprint density at radius 2 is 1.85 bits per heavy atom. The molecule has 214 valence electrons. The highest BCUT2D eigenvalue weighted by atomic mass is 35.5. The van der Waals surface area contributed by atoms with Gasteiger partial charge in [-0.3, -0.25) is 9.69 Å². The summed E-state index contributed by atoms with van der Waals surface area (Å²) in [6, 6.07) is 8.20. The summed E-state index contributed by atoms with van der Waals surface area (Å²) in [7, 11) is 5.39. The molecule has 1 saturated heterocycles. The highest BCUT2D eigenvalue weighted by molar-refractivity contribution is 6.10. The van der Waals surface area contributed by atoms with Gasteiger partial charge >= 0.3 is 0 Å². The van der Waals surface area contributed by atoms with E-state index in [1.807, 2.05) is 17.0 Å². The Bertz CT molecular complexity index is 1420. The van der Waals surface area contributed by atoms with Gasteiger partial charge < -0.3 is 29.7 Å². The van der Waals surface area contributed by atoms with Crippen molar-refractivity contribution in [3.05, 3.63) is 41.0 Å². The van der Waals surface area contributed by atoms with Gasteiger partial charge in [0.15, 0.2) is 11.5 Å². The lowest BCUT2D eigenvalue weighted by molar-refractivity contribution is -0.120. The number of benzene rings is 2. The zero-order valence-electron chi connectivity index (χ0n) is 23.5. The second-order valence-corrected chi connectivity index (χ2v) is 10.6. The lowest BCUT2D eigenvalue weighted by Gasteiger charge is -2.36. The SMILES string of the molecule is COc1cc2nc3c(c4c2c(c1OC)N(C(=O)CN1CCN(C)CC1)CC4)Cc1cc(OCCCN)ccc1-3.Cl. The molecule has 0 spiro atoms. The predicted octanol–water partition coefficient (Wildman–Crippen LogP) is 3.11. The minimum absolute atomic E-state index is 0. The lowest BCUT2D eigenvalue weighted by atomic mass is 9.92. The Hall–Kier alpha value is -3.11. The van der Waals surface area contributed by atoms with Crippen molar-refractivity contribution in [3.8, 4) is 28.5 Å². The Balaban J connectivity index is 0.00000323. The molecule has 10 heteroatoms. The van der Waals surface area contributed by atoms with Crippen LogP contribution in [-0.2, 0) is 17.6 Å². The highest BCUT2D eigenvalue weighted by Gasteiger charge is 2.35. The molecule has 3 aromatic rings. The summed E-state index contributed by atoms with van der Waals surface area (Å²) < 4.78 is 17.6. The molecule has 0 saturated carbocycles. The first-order valence-corrected chi connectivity index (χ1v) is 13.8. The number of amides is 1. The smallest absolute Gasteiger partial charge is 0.241 e. The average molecular weight is 568 g/mol. The molecule has 2 aliphatic heterocycles. The second kappa shape index (κ2) is 11.8. The van der Waals surface area contributed by atoms with E-state index in [1.165, 1.54) is 16.7 Å². The maximum absolute atomic E-state index is 13.8. The van der Waals surface area contributed by atoms with Crippen LogP contribution in [0.5, 0.6) is 17.2 Å². The monoisotopic (exact) mass is 567 g/mol. The van der Waals surface area contributed by atoms with Gasteiger partial charge in [0.05, 0.1) is 44.3 Å². The van der Waals surface area contributed by atoms with Crippen LogP contribution in [0.25, 0.3) is 22.2 Å². The third kappa shape index (κ3) is 4.96. The molecule has 0 unspecified atom stereocenters. The molecule has 1 aliphatic carbocycles. The number of halogens is 1. The molecular formula is C30H38ClN5O4. The van der Waals surface area contributed by atoms with E-state index in [0.717, 1.165) is 79.0 Å². The molecule has 1 amide bonds. The fraction of sp³-hybridized carbons (Fsp3) is 0.467. The van der Waals surface area contributed by atoms with Crippen molar-refractivity contribution >= 4 is 34.9 Å². The van der Waals surface area contributed by atoms with Gasteiger partial charge in [-0.15, -0.1) is 12.4 Å². The number of ether oxygens (including phenoxy) is 3. The number of nitrogens with two attached hydrogens (primary N) is 1. The summed E-state index contributed by atoms with van der Waals surface area (Å²) in [5.41, 5.74) is 13.1. The maximum Gasteiger partial charge on any atom is 0.241 e. The second-order valence-electron chi connectivity index (χ2n) is 10.6. The number of anilines is 1. The maximum atomic E-state index is 13.8. The number of aromatic nitrogens is 1. The Labute approximate surface area is 241 Å². The molecule has 1 aromatic heterocycles. The van der Waals surface area contributed by atoms with Crippen LogP contribution in [0.2, 0.25) is 0 Å². The molecule has 2 aromatic carbocycles. The number of rotatable bonds is 8. The van der Waals surface area contributed by atoms with Crippen molar-refractivity contribution in [1.82, 2.24) is 14.8 Å². The van der Waals surface area contributed by atoms with Gasteiger partial charge in [-0.25, -0.2) is 4.98 Å². The molecule has 2 N–H and O–H groups in total. The van der Waals surface area contributed by atoms with Crippen LogP contribution in [0.4, 0.5) is 5.69 Å². The molecule has 3 aliphatic rings. The number of hydrogen-bond donors (Lipinski definition) is 1. The van der Waals surface area contributed by atoms with Crippen molar-refractivity contribution in [3.63, 3.8) is 0 Å². The van der Waals surface area contributed by atoms with Gasteiger partial charge in [-0.1, -0.05) is 0 Å². The molecular weight excluding hydrogens is 530 g/mol. The first-order chi connectivity index (χ1) is 19.0. The largest absolute Gasteiger partial charge is 0.494 e. The van der Waals surface area contributed by atoms with Crippen LogP contribution in [0.1, 0.15) is 23.1 Å². The van der Waals surface area contributed by atoms with Gasteiger partial charge in [0, 0.05) is 56.2 Å². The van der Waals surface area contributed by atoms with Crippen molar-refractivity contribution in [2.45, 2.75) is 19.3 Å². The number of carbonyl (C=O) groups is 1. The Morgan fingerprint density at radius 1 is 1.05 bits per heavy atom. The topological polar surface area (TPSA) is 93.4 Å². The molecule has 6 rings (SSSR count). The van der Waals surface area contributed by atoms with E-state index < -0.39 is 0 Å². The lowest BCUT2D eigenvalue weighted by Crippen LogP contribution is -2.49. The van der Waals surface area contributed by atoms with Gasteiger partial charge in [-0.2, -0.15) is 0 Å². The summed E-state index contributed by atoms with van der Waals surface area (Å²) in [5.74, 6) is 2.11. The van der Waals surface area contributed by atoms with Crippen molar-refractivity contribution < 1.29 is 19.0 Å². The van der Waals surface area contributed by atoms with Gasteiger partial charge in [0.25, 0.3) is 0 Å². The van der Waals surface area contributed by atoms with Crippen molar-refractivity contribution in [2.75, 3.05) is 78.6 Å². The number of likely N-dealkylation sites (N-methyl/N-ethyl adjacent to an activating group) is 1. The van der Waals surface area contributed by atoms with Crippen LogP contribution in [-0.4, -0.2) is 94.4 Å². The molecule has 0 radical (unpaired) electrons. The Kier molecular flexibility index (Phi) is 8.37. The quantitative estimate of drug-likeness (QED) is 0.325. The number of hydrogen-bond acceptors (Lipinski definition) is 8. The van der Waals surface area contributed by atoms with E-state index >= 15 is 0 Å². The summed E-state index contributed by atoms with van der Waals surface area (Å²) >= 11 is 0. The number of piperazine rings is 1. The van der Waals surface area contributed by atoms with Crippen molar-refractivity contribution in [2.24, 2.45) is 5.73 Å². The van der Waals surface area contributed by atoms with Crippen LogP contribution < -0.4 is 24.8 Å². The number of nitrogens with zero attached hydrogens (tertiary/aromatic N) is 4. The fourth-order valence-corrected chi connectivity index (χ4v) is 6.14. The zero-order chi connectivity index (χ0) is 27.1. The first kappa shape index (κ1) is 28.4. The van der Waals surface area contributed by atoms with E-state index in [0.29, 0.717) is 37.7 Å². The van der Waals surface area contributed by atoms with E-state index in [4.69, 9.17) is 24.9 Å². The molecule has 0 atom stereocenters. The number of fused-ring (bicyclic) bond motifs is 4. The number of methoxy groups -OCH3 is 2. The van der Waals surface area contributed by atoms with Crippen LogP contribution in [0, 0.1) is 0 Å². The van der Waals surface area contributed by atoms with Gasteiger partial charge in [0.1, 0.15) is 5.75 Å². The number of pyridine rings is 1. The molecule has 3 heterocycles. The zero-order valence-corrected chi connectivity index (χ0v) is 24.3. The molecule has 9 nitrogen and oxygen atoms in total. The average Bonchev–Trinajstić information content (AvgIpc) is 3.32. The van der Waals surface area contributed by atoms with E-state index in [2.05, 4.69) is 29.0 Å². The minimum atomic E-state index is 0. The minimum Gasteiger partial charge on any atom is -0.494 e. The predicted molar refractivity (Wildman–Crippen MR) is 159 cm³/mol. The van der Waals surface area contributed by atoms with Crippen LogP contribution >= 0.6 is 12.4 Å². The van der Waals surface area contributed by atoms with Crippen molar-refractivity contribution in [1.29, 1.82) is 0 Å². The van der Waals surface area contributed by atoms with Gasteiger partial charge in [-0.05, 0) is 61.3 Å². The summed E-state index contributed by atoms with van der Waals surface area (Å²) in [6.45, 7) is 5.93. The summed E-state index contributed by atoms with van der Waals surface area (Å²) in [5, 5.41) is 0.997. The molecule has 0 bridgehead atoms. The van der Waals surface area contributed by atoms with Gasteiger partial charge in [0.2, 0.25) is 5.91 Å². The molecule has 40 heavy (non-hydrogen) atoms. The Morgan fingerprint density at radius 3 is 2.58 bits per heavy atom. The number of carbonyl (C=O) groups excluding carboxylic acids is 1. The standard InChI is InChI=1S/C30H37N5O4.ClH/c1-33-10-12-34(13-11-33)18-26(36)35-9-7-22-23-16-19-15-20(39-14-4-8-31)5-6-21(19)28(23)32-24-17-25(37-2)30(38-3)29(35)27(22)24;/h5-6,15,17H,4,7-14,16,18,31H2,1-3H3;1H. The van der Waals surface area contributed by atoms with E-state index in [1.54, 1.807) is 14.2 Å². The highest BCUT2D eigenvalue weighted by Crippen LogP contribution is 2.50. The third-order valence-corrected chi connectivity index (χ3v) is 8.24. The third-order valence-electron chi connectivity index (χ3n) is 8.24.